The van der Waals surface area contributed by atoms with Gasteiger partial charge in [0.05, 0.1) is 10.6 Å². The summed E-state index contributed by atoms with van der Waals surface area (Å²) in [4.78, 5) is 26.7. The van der Waals surface area contributed by atoms with Crippen molar-refractivity contribution in [3.8, 4) is 0 Å². The Bertz CT molecular complexity index is 616. The lowest BCUT2D eigenvalue weighted by molar-refractivity contribution is -0.116. The van der Waals surface area contributed by atoms with E-state index in [-0.39, 0.29) is 17.7 Å². The van der Waals surface area contributed by atoms with Crippen LogP contribution < -0.4 is 16.0 Å². The summed E-state index contributed by atoms with van der Waals surface area (Å²) in [7, 11) is 0. The molecule has 0 saturated carbocycles. The predicted molar refractivity (Wildman–Crippen MR) is 106 cm³/mol. The van der Waals surface area contributed by atoms with E-state index in [0.29, 0.717) is 29.2 Å². The number of piperazine rings is 1. The summed E-state index contributed by atoms with van der Waals surface area (Å²) in [6.07, 6.45) is 1.34. The molecule has 1 fully saturated rings. The molecule has 7 heteroatoms. The highest BCUT2D eigenvalue weighted by molar-refractivity contribution is 6.34. The Morgan fingerprint density at radius 1 is 1.27 bits per heavy atom. The summed E-state index contributed by atoms with van der Waals surface area (Å²) in [5.41, 5.74) is 0.974. The Labute approximate surface area is 160 Å². The normalized spacial score (nSPS) is 15.1. The van der Waals surface area contributed by atoms with Crippen LogP contribution in [0.1, 0.15) is 37.0 Å². The summed E-state index contributed by atoms with van der Waals surface area (Å²) in [6, 6.07) is 4.98. The Morgan fingerprint density at radius 2 is 2.00 bits per heavy atom. The highest BCUT2D eigenvalue weighted by Gasteiger charge is 2.13. The van der Waals surface area contributed by atoms with E-state index in [1.165, 1.54) is 0 Å². The van der Waals surface area contributed by atoms with Crippen molar-refractivity contribution in [2.24, 2.45) is 5.92 Å². The number of hydrogen-bond acceptors (Lipinski definition) is 4. The van der Waals surface area contributed by atoms with Gasteiger partial charge in [-0.2, -0.15) is 0 Å². The Balaban J connectivity index is 1.83. The van der Waals surface area contributed by atoms with Gasteiger partial charge >= 0.3 is 0 Å². The van der Waals surface area contributed by atoms with E-state index in [1.54, 1.807) is 18.2 Å². The number of nitrogens with one attached hydrogen (secondary N) is 3. The third-order valence-electron chi connectivity index (χ3n) is 4.23. The number of carbonyl (C=O) groups is 2. The molecule has 0 aromatic heterocycles. The van der Waals surface area contributed by atoms with Gasteiger partial charge in [0, 0.05) is 44.8 Å². The molecule has 0 radical (unpaired) electrons. The number of rotatable bonds is 8. The lowest BCUT2D eigenvalue weighted by atomic mass is 10.1. The molecule has 0 spiro atoms. The van der Waals surface area contributed by atoms with E-state index in [1.807, 2.05) is 13.8 Å². The smallest absolute Gasteiger partial charge is 0.252 e. The van der Waals surface area contributed by atoms with Gasteiger partial charge in [-0.15, -0.1) is 0 Å². The molecule has 1 saturated heterocycles. The predicted octanol–water partition coefficient (Wildman–Crippen LogP) is 2.35. The van der Waals surface area contributed by atoms with Gasteiger partial charge in [-0.05, 0) is 37.1 Å². The Hall–Kier alpha value is -1.63. The molecule has 1 aromatic carbocycles. The minimum Gasteiger partial charge on any atom is -0.352 e. The number of carbonyl (C=O) groups excluding carboxylic acids is 2. The van der Waals surface area contributed by atoms with Crippen molar-refractivity contribution >= 4 is 29.1 Å². The highest BCUT2D eigenvalue weighted by atomic mass is 35.5. The maximum absolute atomic E-state index is 12.4. The molecule has 6 nitrogen and oxygen atoms in total. The van der Waals surface area contributed by atoms with Crippen LogP contribution in [0.3, 0.4) is 0 Å². The van der Waals surface area contributed by atoms with E-state index < -0.39 is 0 Å². The number of halogens is 1. The van der Waals surface area contributed by atoms with Gasteiger partial charge in [-0.1, -0.05) is 25.4 Å². The summed E-state index contributed by atoms with van der Waals surface area (Å²) in [5, 5.41) is 9.43. The first kappa shape index (κ1) is 20.7. The molecular weight excluding hydrogens is 352 g/mol. The molecule has 0 bridgehead atoms. The second kappa shape index (κ2) is 10.5. The van der Waals surface area contributed by atoms with E-state index in [9.17, 15) is 9.59 Å². The third kappa shape index (κ3) is 6.94. The molecule has 1 aromatic rings. The third-order valence-corrected chi connectivity index (χ3v) is 4.56. The number of nitrogens with zero attached hydrogens (tertiary/aromatic N) is 1. The van der Waals surface area contributed by atoms with Crippen LogP contribution in [0.4, 0.5) is 5.69 Å². The van der Waals surface area contributed by atoms with E-state index in [0.717, 1.165) is 39.1 Å². The number of benzene rings is 1. The molecule has 2 rings (SSSR count). The molecule has 3 N–H and O–H groups in total. The molecule has 0 aliphatic carbocycles. The van der Waals surface area contributed by atoms with Gasteiger partial charge in [0.25, 0.3) is 5.91 Å². The summed E-state index contributed by atoms with van der Waals surface area (Å²) in [5.74, 6) is 0.000672. The van der Waals surface area contributed by atoms with E-state index in [4.69, 9.17) is 11.6 Å². The monoisotopic (exact) mass is 380 g/mol. The van der Waals surface area contributed by atoms with Crippen molar-refractivity contribution in [2.45, 2.75) is 26.7 Å². The summed E-state index contributed by atoms with van der Waals surface area (Å²) < 4.78 is 0. The zero-order chi connectivity index (χ0) is 18.9. The van der Waals surface area contributed by atoms with Crippen LogP contribution in [0.2, 0.25) is 5.02 Å². The van der Waals surface area contributed by atoms with Crippen LogP contribution in [0, 0.1) is 5.92 Å². The number of anilines is 1. The van der Waals surface area contributed by atoms with Gasteiger partial charge in [0.15, 0.2) is 0 Å². The minimum atomic E-state index is -0.213. The topological polar surface area (TPSA) is 73.5 Å². The van der Waals surface area contributed by atoms with Gasteiger partial charge < -0.3 is 20.9 Å². The van der Waals surface area contributed by atoms with Crippen molar-refractivity contribution in [1.29, 1.82) is 0 Å². The van der Waals surface area contributed by atoms with Crippen molar-refractivity contribution in [3.05, 3.63) is 28.8 Å². The maximum Gasteiger partial charge on any atom is 0.252 e. The molecule has 1 aliphatic heterocycles. The van der Waals surface area contributed by atoms with E-state index in [2.05, 4.69) is 20.9 Å². The second-order valence-electron chi connectivity index (χ2n) is 7.04. The SMILES string of the molecule is CC(C)CC(=O)Nc1ccc(Cl)c(C(=O)NCCCN2CCNCC2)c1. The van der Waals surface area contributed by atoms with Crippen molar-refractivity contribution in [1.82, 2.24) is 15.5 Å². The molecule has 2 amide bonds. The average molecular weight is 381 g/mol. The van der Waals surface area contributed by atoms with Crippen LogP contribution >= 0.6 is 11.6 Å². The Kier molecular flexibility index (Phi) is 8.35. The first-order valence-electron chi connectivity index (χ1n) is 9.26. The van der Waals surface area contributed by atoms with Crippen LogP contribution in [-0.2, 0) is 4.79 Å². The maximum atomic E-state index is 12.4. The summed E-state index contributed by atoms with van der Waals surface area (Å²) in [6.45, 7) is 9.70. The van der Waals surface area contributed by atoms with Crippen LogP contribution in [0.5, 0.6) is 0 Å². The van der Waals surface area contributed by atoms with Gasteiger partial charge in [-0.3, -0.25) is 9.59 Å². The number of amides is 2. The zero-order valence-electron chi connectivity index (χ0n) is 15.6. The number of hydrogen-bond donors (Lipinski definition) is 3. The van der Waals surface area contributed by atoms with E-state index >= 15 is 0 Å². The lowest BCUT2D eigenvalue weighted by Crippen LogP contribution is -2.44. The van der Waals surface area contributed by atoms with Gasteiger partial charge in [0.1, 0.15) is 0 Å². The van der Waals surface area contributed by atoms with Crippen molar-refractivity contribution in [2.75, 3.05) is 44.6 Å². The van der Waals surface area contributed by atoms with Gasteiger partial charge in [0.2, 0.25) is 5.91 Å². The Morgan fingerprint density at radius 3 is 2.69 bits per heavy atom. The first-order valence-corrected chi connectivity index (χ1v) is 9.64. The quantitative estimate of drug-likeness (QED) is 0.605. The first-order chi connectivity index (χ1) is 12.5. The molecule has 26 heavy (non-hydrogen) atoms. The molecule has 1 aliphatic rings. The molecule has 1 heterocycles. The zero-order valence-corrected chi connectivity index (χ0v) is 16.4. The van der Waals surface area contributed by atoms with Crippen LogP contribution in [0.15, 0.2) is 18.2 Å². The largest absolute Gasteiger partial charge is 0.352 e. The van der Waals surface area contributed by atoms with Crippen LogP contribution in [-0.4, -0.2) is 56.0 Å². The fourth-order valence-electron chi connectivity index (χ4n) is 2.89. The average Bonchev–Trinajstić information content (AvgIpc) is 2.60. The minimum absolute atomic E-state index is 0.0651. The van der Waals surface area contributed by atoms with Gasteiger partial charge in [-0.25, -0.2) is 0 Å². The van der Waals surface area contributed by atoms with Crippen molar-refractivity contribution < 1.29 is 9.59 Å². The second-order valence-corrected chi connectivity index (χ2v) is 7.45. The lowest BCUT2D eigenvalue weighted by Gasteiger charge is -2.27. The fraction of sp³-hybridized carbons (Fsp3) is 0.579. The molecule has 0 unspecified atom stereocenters. The fourth-order valence-corrected chi connectivity index (χ4v) is 3.10. The summed E-state index contributed by atoms with van der Waals surface area (Å²) >= 11 is 6.16. The standard InChI is InChI=1S/C19H29ClN4O2/c1-14(2)12-18(25)23-15-4-5-17(20)16(13-15)19(26)22-6-3-9-24-10-7-21-8-11-24/h4-5,13-14,21H,3,6-12H2,1-2H3,(H,22,26)(H,23,25). The molecule has 144 valence electrons. The van der Waals surface area contributed by atoms with Crippen LogP contribution in [0.25, 0.3) is 0 Å². The molecule has 0 atom stereocenters. The highest BCUT2D eigenvalue weighted by Crippen LogP contribution is 2.21. The molecular formula is C19H29ClN4O2. The van der Waals surface area contributed by atoms with Crippen molar-refractivity contribution in [3.63, 3.8) is 0 Å².